The van der Waals surface area contributed by atoms with Crippen LogP contribution in [0.5, 0.6) is 5.75 Å². The molecule has 0 radical (unpaired) electrons. The third kappa shape index (κ3) is 2.96. The molecule has 3 aliphatic rings. The van der Waals surface area contributed by atoms with Gasteiger partial charge in [-0.25, -0.2) is 0 Å². The van der Waals surface area contributed by atoms with Crippen molar-refractivity contribution in [3.63, 3.8) is 0 Å². The molecule has 0 bridgehead atoms. The highest BCUT2D eigenvalue weighted by Crippen LogP contribution is 2.51. The molecule has 0 saturated carbocycles. The number of phenolic OH excluding ortho intramolecular Hbond substituents is 1. The molecule has 0 unspecified atom stereocenters. The number of imide groups is 1. The predicted molar refractivity (Wildman–Crippen MR) is 101 cm³/mol. The van der Waals surface area contributed by atoms with E-state index in [1.54, 1.807) is 24.3 Å². The van der Waals surface area contributed by atoms with Crippen LogP contribution in [0.25, 0.3) is 0 Å². The summed E-state index contributed by atoms with van der Waals surface area (Å²) in [6.07, 6.45) is 0.846. The fraction of sp³-hybridized carbons (Fsp3) is 0.500. The van der Waals surface area contributed by atoms with Crippen molar-refractivity contribution in [3.05, 3.63) is 40.9 Å². The summed E-state index contributed by atoms with van der Waals surface area (Å²) < 4.78 is 5.78. The SMILES string of the molecule is CCCN1C(=O)[C@H]2[C@H](CC(CO)=C3B(O)O[C@H](c4cccc(O)c4)C[C@H]32)C1=O. The van der Waals surface area contributed by atoms with Gasteiger partial charge in [0.2, 0.25) is 11.8 Å². The molecule has 1 aromatic rings. The first-order valence-corrected chi connectivity index (χ1v) is 9.76. The maximum absolute atomic E-state index is 13.1. The van der Waals surface area contributed by atoms with E-state index in [0.29, 0.717) is 36.0 Å². The van der Waals surface area contributed by atoms with Crippen molar-refractivity contribution in [2.24, 2.45) is 17.8 Å². The molecule has 4 atom stereocenters. The van der Waals surface area contributed by atoms with Crippen LogP contribution in [-0.2, 0) is 14.2 Å². The van der Waals surface area contributed by atoms with Crippen LogP contribution in [0.4, 0.5) is 0 Å². The lowest BCUT2D eigenvalue weighted by Crippen LogP contribution is -2.45. The second kappa shape index (κ2) is 7.35. The predicted octanol–water partition coefficient (Wildman–Crippen LogP) is 1.19. The maximum Gasteiger partial charge on any atom is 0.487 e. The Kier molecular flexibility index (Phi) is 5.03. The topological polar surface area (TPSA) is 107 Å². The normalized spacial score (nSPS) is 30.0. The van der Waals surface area contributed by atoms with Gasteiger partial charge in [-0.05, 0) is 53.9 Å². The van der Waals surface area contributed by atoms with Crippen LogP contribution in [0.15, 0.2) is 35.3 Å². The number of carbonyl (C=O) groups is 2. The largest absolute Gasteiger partial charge is 0.508 e. The van der Waals surface area contributed by atoms with Crippen LogP contribution in [0.1, 0.15) is 37.9 Å². The zero-order chi connectivity index (χ0) is 20.0. The van der Waals surface area contributed by atoms with E-state index in [4.69, 9.17) is 4.65 Å². The molecule has 2 aliphatic heterocycles. The molecule has 1 aromatic carbocycles. The third-order valence-electron chi connectivity index (χ3n) is 6.18. The van der Waals surface area contributed by atoms with Gasteiger partial charge < -0.3 is 19.9 Å². The number of likely N-dealkylation sites (tertiary alicyclic amines) is 1. The third-order valence-corrected chi connectivity index (χ3v) is 6.18. The number of nitrogens with zero attached hydrogens (tertiary/aromatic N) is 1. The first-order valence-electron chi connectivity index (χ1n) is 9.76. The lowest BCUT2D eigenvalue weighted by molar-refractivity contribution is -0.140. The summed E-state index contributed by atoms with van der Waals surface area (Å²) in [6, 6.07) is 6.62. The summed E-state index contributed by atoms with van der Waals surface area (Å²) in [5, 5.41) is 30.3. The molecule has 8 heteroatoms. The molecule has 2 heterocycles. The maximum atomic E-state index is 13.1. The first-order chi connectivity index (χ1) is 13.5. The Balaban J connectivity index is 1.72. The zero-order valence-electron chi connectivity index (χ0n) is 15.7. The number of aromatic hydroxyl groups is 1. The molecule has 3 N–H and O–H groups in total. The summed E-state index contributed by atoms with van der Waals surface area (Å²) in [7, 11) is -1.25. The highest BCUT2D eigenvalue weighted by Gasteiger charge is 2.57. The van der Waals surface area contributed by atoms with Crippen LogP contribution in [0.3, 0.4) is 0 Å². The minimum absolute atomic E-state index is 0.0933. The summed E-state index contributed by atoms with van der Waals surface area (Å²) in [6.45, 7) is 2.03. The first kappa shape index (κ1) is 19.2. The van der Waals surface area contributed by atoms with Gasteiger partial charge >= 0.3 is 7.12 Å². The number of benzene rings is 1. The van der Waals surface area contributed by atoms with E-state index in [1.165, 1.54) is 4.90 Å². The average Bonchev–Trinajstić information content (AvgIpc) is 2.92. The van der Waals surface area contributed by atoms with E-state index < -0.39 is 25.1 Å². The molecule has 2 amide bonds. The second-order valence-electron chi connectivity index (χ2n) is 7.80. The van der Waals surface area contributed by atoms with Gasteiger partial charge in [-0.1, -0.05) is 19.1 Å². The lowest BCUT2D eigenvalue weighted by Gasteiger charge is -2.41. The monoisotopic (exact) mass is 385 g/mol. The highest BCUT2D eigenvalue weighted by molar-refractivity contribution is 6.53. The number of amides is 2. The van der Waals surface area contributed by atoms with Crippen LogP contribution in [-0.4, -0.2) is 52.2 Å². The Bertz CT molecular complexity index is 840. The number of hydrogen-bond acceptors (Lipinski definition) is 6. The Morgan fingerprint density at radius 2 is 2.04 bits per heavy atom. The van der Waals surface area contributed by atoms with Gasteiger partial charge in [-0.15, -0.1) is 0 Å². The number of aliphatic hydroxyl groups excluding tert-OH is 1. The minimum atomic E-state index is -1.25. The molecule has 2 fully saturated rings. The van der Waals surface area contributed by atoms with Crippen molar-refractivity contribution in [3.8, 4) is 5.75 Å². The van der Waals surface area contributed by atoms with E-state index in [0.717, 1.165) is 0 Å². The minimum Gasteiger partial charge on any atom is -0.508 e. The molecule has 0 aromatic heterocycles. The molecular formula is C20H24BNO6. The molecule has 4 rings (SSSR count). The Hall–Kier alpha value is -2.16. The van der Waals surface area contributed by atoms with Crippen molar-refractivity contribution >= 4 is 18.9 Å². The van der Waals surface area contributed by atoms with Crippen LogP contribution < -0.4 is 0 Å². The van der Waals surface area contributed by atoms with Gasteiger partial charge in [0.1, 0.15) is 5.75 Å². The van der Waals surface area contributed by atoms with E-state index >= 15 is 0 Å². The van der Waals surface area contributed by atoms with Crippen molar-refractivity contribution in [2.45, 2.75) is 32.3 Å². The average molecular weight is 385 g/mol. The van der Waals surface area contributed by atoms with Crippen molar-refractivity contribution < 1.29 is 29.5 Å². The number of carbonyl (C=O) groups excluding carboxylic acids is 2. The Labute approximate surface area is 163 Å². The number of allylic oxidation sites excluding steroid dienone is 1. The zero-order valence-corrected chi connectivity index (χ0v) is 15.7. The molecular weight excluding hydrogens is 361 g/mol. The van der Waals surface area contributed by atoms with Gasteiger partial charge in [0.15, 0.2) is 0 Å². The van der Waals surface area contributed by atoms with E-state index in [9.17, 15) is 24.8 Å². The van der Waals surface area contributed by atoms with Gasteiger partial charge in [0.25, 0.3) is 0 Å². The van der Waals surface area contributed by atoms with Gasteiger partial charge in [0.05, 0.1) is 24.5 Å². The quantitative estimate of drug-likeness (QED) is 0.531. The van der Waals surface area contributed by atoms with Crippen LogP contribution in [0.2, 0.25) is 0 Å². The number of rotatable bonds is 4. The molecule has 0 spiro atoms. The molecule has 1 aliphatic carbocycles. The number of hydrogen-bond donors (Lipinski definition) is 3. The second-order valence-corrected chi connectivity index (χ2v) is 7.80. The van der Waals surface area contributed by atoms with E-state index in [2.05, 4.69) is 0 Å². The number of fused-ring (bicyclic) bond motifs is 3. The number of phenols is 1. The molecule has 28 heavy (non-hydrogen) atoms. The lowest BCUT2D eigenvalue weighted by atomic mass is 9.55. The van der Waals surface area contributed by atoms with Crippen molar-refractivity contribution in [1.29, 1.82) is 0 Å². The number of aliphatic hydroxyl groups is 1. The highest BCUT2D eigenvalue weighted by atomic mass is 16.5. The summed E-state index contributed by atoms with van der Waals surface area (Å²) in [5.41, 5.74) is 1.83. The van der Waals surface area contributed by atoms with Crippen LogP contribution >= 0.6 is 0 Å². The molecule has 148 valence electrons. The standard InChI is InChI=1S/C20H24BNO6/c1-2-6-22-19(25)15-8-12(10-23)18-14(17(15)20(22)26)9-16(28-21(18)27)11-4-3-5-13(24)7-11/h3-5,7,14-17,23-24,27H,2,6,8-10H2,1H3/t14-,15-,16-,17+/m0/s1. The van der Waals surface area contributed by atoms with Crippen molar-refractivity contribution in [2.75, 3.05) is 13.2 Å². The summed E-state index contributed by atoms with van der Waals surface area (Å²) in [4.78, 5) is 27.2. The van der Waals surface area contributed by atoms with E-state index in [1.807, 2.05) is 6.92 Å². The molecule has 2 saturated heterocycles. The molecule has 7 nitrogen and oxygen atoms in total. The van der Waals surface area contributed by atoms with Gasteiger partial charge in [0, 0.05) is 6.54 Å². The van der Waals surface area contributed by atoms with Crippen molar-refractivity contribution in [1.82, 2.24) is 4.90 Å². The van der Waals surface area contributed by atoms with Gasteiger partial charge in [-0.3, -0.25) is 14.5 Å². The Morgan fingerprint density at radius 3 is 2.71 bits per heavy atom. The van der Waals surface area contributed by atoms with Crippen LogP contribution in [0, 0.1) is 17.8 Å². The fourth-order valence-electron chi connectivity index (χ4n) is 5.01. The summed E-state index contributed by atoms with van der Waals surface area (Å²) >= 11 is 0. The van der Waals surface area contributed by atoms with E-state index in [-0.39, 0.29) is 36.5 Å². The summed E-state index contributed by atoms with van der Waals surface area (Å²) in [5.74, 6) is -1.70. The van der Waals surface area contributed by atoms with Gasteiger partial charge in [-0.2, -0.15) is 0 Å². The fourth-order valence-corrected chi connectivity index (χ4v) is 5.01. The smallest absolute Gasteiger partial charge is 0.487 e. The Morgan fingerprint density at radius 1 is 1.25 bits per heavy atom.